The van der Waals surface area contributed by atoms with Gasteiger partial charge in [0.05, 0.1) is 11.0 Å². The largest absolute Gasteiger partial charge is 0.337 e. The van der Waals surface area contributed by atoms with Crippen molar-refractivity contribution < 1.29 is 0 Å². The van der Waals surface area contributed by atoms with Gasteiger partial charge in [-0.25, -0.2) is 0 Å². The number of pyridine rings is 1. The molecule has 0 saturated heterocycles. The molecule has 2 heterocycles. The maximum absolute atomic E-state index is 4.80. The van der Waals surface area contributed by atoms with E-state index in [1.165, 1.54) is 70.4 Å². The summed E-state index contributed by atoms with van der Waals surface area (Å²) in [5.41, 5.74) is 4.97. The Balaban J connectivity index is 0.00000106. The third kappa shape index (κ3) is 3.15. The molecule has 1 aliphatic carbocycles. The van der Waals surface area contributed by atoms with Crippen LogP contribution in [0.4, 0.5) is 0 Å². The van der Waals surface area contributed by atoms with Gasteiger partial charge in [0.2, 0.25) is 0 Å². The highest BCUT2D eigenvalue weighted by molar-refractivity contribution is 6.26. The molecular formula is C28H32N2. The summed E-state index contributed by atoms with van der Waals surface area (Å²) in [6, 6.07) is 13.5. The molecule has 0 aliphatic heterocycles. The minimum Gasteiger partial charge on any atom is -0.337 e. The number of hydrogen-bond acceptors (Lipinski definition) is 1. The molecule has 2 nitrogen and oxygen atoms in total. The number of fused-ring (bicyclic) bond motifs is 6. The number of nitrogens with zero attached hydrogens (tertiary/aromatic N) is 2. The Labute approximate surface area is 179 Å². The lowest BCUT2D eigenvalue weighted by atomic mass is 9.94. The van der Waals surface area contributed by atoms with Crippen LogP contribution in [0.25, 0.3) is 44.7 Å². The van der Waals surface area contributed by atoms with Crippen molar-refractivity contribution in [2.24, 2.45) is 0 Å². The van der Waals surface area contributed by atoms with E-state index < -0.39 is 0 Å². The first-order valence-corrected chi connectivity index (χ1v) is 11.4. The minimum absolute atomic E-state index is 0.535. The Kier molecular flexibility index (Phi) is 6.03. The molecule has 0 radical (unpaired) electrons. The molecule has 1 saturated carbocycles. The molecule has 2 aromatic carbocycles. The molecular weight excluding hydrogens is 364 g/mol. The van der Waals surface area contributed by atoms with Gasteiger partial charge >= 0.3 is 0 Å². The lowest BCUT2D eigenvalue weighted by Crippen LogP contribution is -2.14. The molecule has 2 aromatic heterocycles. The molecule has 0 amide bonds. The third-order valence-electron chi connectivity index (χ3n) is 6.26. The monoisotopic (exact) mass is 396 g/mol. The van der Waals surface area contributed by atoms with Gasteiger partial charge < -0.3 is 4.57 Å². The minimum atomic E-state index is 0.535. The van der Waals surface area contributed by atoms with E-state index in [4.69, 9.17) is 4.98 Å². The summed E-state index contributed by atoms with van der Waals surface area (Å²) in [5, 5.41) is 5.11. The average molecular weight is 397 g/mol. The predicted molar refractivity (Wildman–Crippen MR) is 133 cm³/mol. The van der Waals surface area contributed by atoms with Gasteiger partial charge in [-0.1, -0.05) is 76.1 Å². The second kappa shape index (κ2) is 8.87. The van der Waals surface area contributed by atoms with E-state index >= 15 is 0 Å². The number of hydrogen-bond donors (Lipinski definition) is 0. The van der Waals surface area contributed by atoms with Gasteiger partial charge in [-0.05, 0) is 43.4 Å². The van der Waals surface area contributed by atoms with E-state index in [1.54, 1.807) is 0 Å². The van der Waals surface area contributed by atoms with Crippen LogP contribution in [0.1, 0.15) is 70.2 Å². The maximum Gasteiger partial charge on any atom is 0.0801 e. The summed E-state index contributed by atoms with van der Waals surface area (Å²) in [6.07, 6.45) is 14.8. The van der Waals surface area contributed by atoms with Crippen LogP contribution in [0.15, 0.2) is 55.3 Å². The van der Waals surface area contributed by atoms with E-state index in [0.29, 0.717) is 6.04 Å². The van der Waals surface area contributed by atoms with Gasteiger partial charge in [0.25, 0.3) is 0 Å². The Morgan fingerprint density at radius 2 is 1.67 bits per heavy atom. The smallest absolute Gasteiger partial charge is 0.0801 e. The number of rotatable bonds is 3. The molecule has 0 bridgehead atoms. The first-order chi connectivity index (χ1) is 14.8. The van der Waals surface area contributed by atoms with Gasteiger partial charge in [-0.3, -0.25) is 4.98 Å². The summed E-state index contributed by atoms with van der Waals surface area (Å²) in [7, 11) is 0. The van der Waals surface area contributed by atoms with E-state index in [2.05, 4.69) is 72.7 Å². The van der Waals surface area contributed by atoms with Crippen molar-refractivity contribution in [3.63, 3.8) is 0 Å². The SMILES string of the molecule is C=Cc1c(/C=C\C)c2c3ccccc3c3ncccc3c2n1C1CCCCC1.CC. The van der Waals surface area contributed by atoms with Crippen LogP contribution < -0.4 is 0 Å². The Bertz CT molecular complexity index is 1220. The molecule has 154 valence electrons. The molecule has 1 aliphatic rings. The molecule has 2 heteroatoms. The Hall–Kier alpha value is -2.87. The van der Waals surface area contributed by atoms with Crippen molar-refractivity contribution in [1.29, 1.82) is 0 Å². The molecule has 0 spiro atoms. The lowest BCUT2D eigenvalue weighted by Gasteiger charge is -2.26. The van der Waals surface area contributed by atoms with Crippen molar-refractivity contribution in [2.45, 2.75) is 58.9 Å². The van der Waals surface area contributed by atoms with Crippen LogP contribution in [-0.2, 0) is 0 Å². The predicted octanol–water partition coefficient (Wildman–Crippen LogP) is 8.55. The fourth-order valence-corrected chi connectivity index (χ4v) is 5.14. The zero-order valence-electron chi connectivity index (χ0n) is 18.5. The van der Waals surface area contributed by atoms with Gasteiger partial charge in [0, 0.05) is 39.7 Å². The standard InChI is InChI=1S/C26H26N2.C2H6/c1-3-11-21-23(4-2)28(18-12-6-5-7-13-18)26-22-16-10-17-27-25(22)20-15-9-8-14-19(20)24(21)26;1-2/h3-4,8-11,14-18H,2,5-7,12-13H2,1H3;1-2H3/b11-3-;. The second-order valence-electron chi connectivity index (χ2n) is 7.83. The van der Waals surface area contributed by atoms with Crippen LogP contribution in [-0.4, -0.2) is 9.55 Å². The molecule has 4 aromatic rings. The molecule has 30 heavy (non-hydrogen) atoms. The van der Waals surface area contributed by atoms with Crippen LogP contribution in [0, 0.1) is 0 Å². The number of benzene rings is 2. The Morgan fingerprint density at radius 3 is 2.37 bits per heavy atom. The fraction of sp³-hybridized carbons (Fsp3) is 0.321. The summed E-state index contributed by atoms with van der Waals surface area (Å²) in [4.78, 5) is 4.80. The summed E-state index contributed by atoms with van der Waals surface area (Å²) in [6.45, 7) is 10.3. The highest BCUT2D eigenvalue weighted by Crippen LogP contribution is 2.43. The maximum atomic E-state index is 4.80. The summed E-state index contributed by atoms with van der Waals surface area (Å²) >= 11 is 0. The van der Waals surface area contributed by atoms with Crippen molar-refractivity contribution in [1.82, 2.24) is 9.55 Å². The van der Waals surface area contributed by atoms with Gasteiger partial charge in [-0.2, -0.15) is 0 Å². The van der Waals surface area contributed by atoms with E-state index in [-0.39, 0.29) is 0 Å². The zero-order valence-corrected chi connectivity index (χ0v) is 18.5. The van der Waals surface area contributed by atoms with Crippen LogP contribution in [0.2, 0.25) is 0 Å². The van der Waals surface area contributed by atoms with Crippen LogP contribution in [0.3, 0.4) is 0 Å². The second-order valence-corrected chi connectivity index (χ2v) is 7.83. The molecule has 0 atom stereocenters. The van der Waals surface area contributed by atoms with Crippen molar-refractivity contribution >= 4 is 44.7 Å². The molecule has 1 fully saturated rings. The van der Waals surface area contributed by atoms with E-state index in [9.17, 15) is 0 Å². The number of aromatic nitrogens is 2. The summed E-state index contributed by atoms with van der Waals surface area (Å²) in [5.74, 6) is 0. The van der Waals surface area contributed by atoms with Gasteiger partial charge in [0.15, 0.2) is 0 Å². The van der Waals surface area contributed by atoms with Gasteiger partial charge in [-0.15, -0.1) is 0 Å². The van der Waals surface area contributed by atoms with Crippen molar-refractivity contribution in [3.8, 4) is 0 Å². The first kappa shape index (κ1) is 20.4. The third-order valence-corrected chi connectivity index (χ3v) is 6.26. The summed E-state index contributed by atoms with van der Waals surface area (Å²) < 4.78 is 2.59. The highest BCUT2D eigenvalue weighted by atomic mass is 15.0. The van der Waals surface area contributed by atoms with Crippen LogP contribution in [0.5, 0.6) is 0 Å². The molecule has 0 N–H and O–H groups in total. The van der Waals surface area contributed by atoms with Gasteiger partial charge in [0.1, 0.15) is 0 Å². The van der Waals surface area contributed by atoms with Crippen LogP contribution >= 0.6 is 0 Å². The topological polar surface area (TPSA) is 17.8 Å². The van der Waals surface area contributed by atoms with Crippen molar-refractivity contribution in [2.75, 3.05) is 0 Å². The normalized spacial score (nSPS) is 15.0. The lowest BCUT2D eigenvalue weighted by molar-refractivity contribution is 0.360. The molecule has 0 unspecified atom stereocenters. The molecule has 5 rings (SSSR count). The Morgan fingerprint density at radius 1 is 0.967 bits per heavy atom. The average Bonchev–Trinajstić information content (AvgIpc) is 3.16. The van der Waals surface area contributed by atoms with E-state index in [0.717, 1.165) is 5.52 Å². The fourth-order valence-electron chi connectivity index (χ4n) is 5.14. The highest BCUT2D eigenvalue weighted by Gasteiger charge is 2.25. The number of allylic oxidation sites excluding steroid dienone is 1. The van der Waals surface area contributed by atoms with Crippen molar-refractivity contribution in [3.05, 3.63) is 66.5 Å². The first-order valence-electron chi connectivity index (χ1n) is 11.4. The van der Waals surface area contributed by atoms with E-state index in [1.807, 2.05) is 20.0 Å². The quantitative estimate of drug-likeness (QED) is 0.317. The zero-order chi connectivity index (χ0) is 21.1.